The fourth-order valence-corrected chi connectivity index (χ4v) is 1.49. The van der Waals surface area contributed by atoms with E-state index in [1.54, 1.807) is 24.3 Å². The van der Waals surface area contributed by atoms with Gasteiger partial charge in [0, 0.05) is 16.0 Å². The van der Waals surface area contributed by atoms with Gasteiger partial charge in [0.05, 0.1) is 0 Å². The average molecular weight is 195 g/mol. The fourth-order valence-electron chi connectivity index (χ4n) is 1.36. The topological polar surface area (TPSA) is 17.1 Å². The Kier molecular flexibility index (Phi) is 1.92. The number of ketones is 1. The summed E-state index contributed by atoms with van der Waals surface area (Å²) in [6, 6.07) is 7.13. The predicted octanol–water partition coefficient (Wildman–Crippen LogP) is 3.32. The van der Waals surface area contributed by atoms with Gasteiger partial charge in [0.15, 0.2) is 5.78 Å². The van der Waals surface area contributed by atoms with E-state index in [0.29, 0.717) is 5.02 Å². The SMILES string of the molecule is CC1(C(=O)c2ccc(Cl)cc2)CC1. The zero-order chi connectivity index (χ0) is 9.47. The Morgan fingerprint density at radius 3 is 2.31 bits per heavy atom. The van der Waals surface area contributed by atoms with Crippen LogP contribution in [0.1, 0.15) is 30.1 Å². The van der Waals surface area contributed by atoms with Crippen LogP contribution in [-0.4, -0.2) is 5.78 Å². The molecule has 1 fully saturated rings. The van der Waals surface area contributed by atoms with Crippen LogP contribution < -0.4 is 0 Å². The number of hydrogen-bond donors (Lipinski definition) is 0. The van der Waals surface area contributed by atoms with Crippen LogP contribution in [0, 0.1) is 5.41 Å². The Labute approximate surface area is 82.7 Å². The molecular weight excluding hydrogens is 184 g/mol. The Hall–Kier alpha value is -0.820. The maximum absolute atomic E-state index is 11.8. The van der Waals surface area contributed by atoms with E-state index in [1.165, 1.54) is 0 Å². The summed E-state index contributed by atoms with van der Waals surface area (Å²) >= 11 is 5.73. The van der Waals surface area contributed by atoms with Gasteiger partial charge in [-0.3, -0.25) is 4.79 Å². The maximum Gasteiger partial charge on any atom is 0.168 e. The monoisotopic (exact) mass is 194 g/mol. The molecule has 0 bridgehead atoms. The molecule has 1 saturated carbocycles. The Bertz CT molecular complexity index is 336. The molecule has 1 nitrogen and oxygen atoms in total. The van der Waals surface area contributed by atoms with Crippen molar-refractivity contribution in [2.45, 2.75) is 19.8 Å². The molecule has 1 aromatic carbocycles. The summed E-state index contributed by atoms with van der Waals surface area (Å²) in [7, 11) is 0. The number of benzene rings is 1. The summed E-state index contributed by atoms with van der Waals surface area (Å²) in [6.45, 7) is 2.02. The summed E-state index contributed by atoms with van der Waals surface area (Å²) in [4.78, 5) is 11.8. The molecular formula is C11H11ClO. The van der Waals surface area contributed by atoms with E-state index in [1.807, 2.05) is 6.92 Å². The van der Waals surface area contributed by atoms with Crippen LogP contribution in [0.5, 0.6) is 0 Å². The molecule has 2 heteroatoms. The highest BCUT2D eigenvalue weighted by molar-refractivity contribution is 6.30. The van der Waals surface area contributed by atoms with E-state index in [4.69, 9.17) is 11.6 Å². The van der Waals surface area contributed by atoms with E-state index >= 15 is 0 Å². The fraction of sp³-hybridized carbons (Fsp3) is 0.364. The number of Topliss-reactive ketones (excluding diaryl/α,β-unsaturated/α-hetero) is 1. The van der Waals surface area contributed by atoms with Crippen molar-refractivity contribution in [3.63, 3.8) is 0 Å². The molecule has 1 aliphatic rings. The van der Waals surface area contributed by atoms with Crippen LogP contribution in [0.4, 0.5) is 0 Å². The normalized spacial score (nSPS) is 18.3. The minimum Gasteiger partial charge on any atom is -0.294 e. The number of carbonyl (C=O) groups is 1. The second-order valence-electron chi connectivity index (χ2n) is 3.90. The minimum absolute atomic E-state index is 0.0756. The zero-order valence-corrected chi connectivity index (χ0v) is 8.27. The molecule has 0 radical (unpaired) electrons. The van der Waals surface area contributed by atoms with Crippen LogP contribution in [-0.2, 0) is 0 Å². The lowest BCUT2D eigenvalue weighted by molar-refractivity contribution is 0.0912. The van der Waals surface area contributed by atoms with Crippen molar-refractivity contribution >= 4 is 17.4 Å². The molecule has 0 amide bonds. The number of hydrogen-bond acceptors (Lipinski definition) is 1. The van der Waals surface area contributed by atoms with Crippen molar-refractivity contribution in [2.24, 2.45) is 5.41 Å². The Morgan fingerprint density at radius 1 is 1.31 bits per heavy atom. The summed E-state index contributed by atoms with van der Waals surface area (Å²) in [5, 5.41) is 0.678. The van der Waals surface area contributed by atoms with Gasteiger partial charge in [-0.1, -0.05) is 18.5 Å². The highest BCUT2D eigenvalue weighted by atomic mass is 35.5. The lowest BCUT2D eigenvalue weighted by Gasteiger charge is -2.06. The number of rotatable bonds is 2. The molecule has 68 valence electrons. The van der Waals surface area contributed by atoms with Gasteiger partial charge < -0.3 is 0 Å². The van der Waals surface area contributed by atoms with Gasteiger partial charge in [-0.25, -0.2) is 0 Å². The van der Waals surface area contributed by atoms with Gasteiger partial charge >= 0.3 is 0 Å². The molecule has 0 N–H and O–H groups in total. The zero-order valence-electron chi connectivity index (χ0n) is 7.51. The second-order valence-corrected chi connectivity index (χ2v) is 4.33. The van der Waals surface area contributed by atoms with Crippen molar-refractivity contribution < 1.29 is 4.79 Å². The van der Waals surface area contributed by atoms with Crippen LogP contribution in [0.2, 0.25) is 5.02 Å². The van der Waals surface area contributed by atoms with E-state index in [0.717, 1.165) is 18.4 Å². The summed E-state index contributed by atoms with van der Waals surface area (Å²) in [5.74, 6) is 0.254. The minimum atomic E-state index is -0.0756. The molecule has 13 heavy (non-hydrogen) atoms. The first-order chi connectivity index (χ1) is 6.12. The molecule has 1 aromatic rings. The molecule has 1 aliphatic carbocycles. The van der Waals surface area contributed by atoms with Gasteiger partial charge in [0.1, 0.15) is 0 Å². The number of halogens is 1. The van der Waals surface area contributed by atoms with Crippen molar-refractivity contribution in [1.29, 1.82) is 0 Å². The summed E-state index contributed by atoms with van der Waals surface area (Å²) in [5.41, 5.74) is 0.706. The van der Waals surface area contributed by atoms with Crippen LogP contribution in [0.25, 0.3) is 0 Å². The van der Waals surface area contributed by atoms with Gasteiger partial charge in [-0.05, 0) is 37.1 Å². The van der Waals surface area contributed by atoms with Crippen molar-refractivity contribution in [1.82, 2.24) is 0 Å². The molecule has 0 saturated heterocycles. The van der Waals surface area contributed by atoms with Gasteiger partial charge in [-0.2, -0.15) is 0 Å². The molecule has 0 spiro atoms. The maximum atomic E-state index is 11.8. The largest absolute Gasteiger partial charge is 0.294 e. The molecule has 0 heterocycles. The Balaban J connectivity index is 2.26. The predicted molar refractivity (Wildman–Crippen MR) is 53.1 cm³/mol. The highest BCUT2D eigenvalue weighted by Crippen LogP contribution is 2.47. The molecule has 0 aromatic heterocycles. The standard InChI is InChI=1S/C11H11ClO/c1-11(6-7-11)10(13)8-2-4-9(12)5-3-8/h2-5H,6-7H2,1H3. The van der Waals surface area contributed by atoms with Gasteiger partial charge in [0.25, 0.3) is 0 Å². The third kappa shape index (κ3) is 1.61. The van der Waals surface area contributed by atoms with Gasteiger partial charge in [0.2, 0.25) is 0 Å². The smallest absolute Gasteiger partial charge is 0.168 e. The van der Waals surface area contributed by atoms with Crippen LogP contribution in [0.15, 0.2) is 24.3 Å². The summed E-state index contributed by atoms with van der Waals surface area (Å²) in [6.07, 6.45) is 2.04. The molecule has 2 rings (SSSR count). The average Bonchev–Trinajstić information content (AvgIpc) is 2.85. The van der Waals surface area contributed by atoms with Crippen LogP contribution in [0.3, 0.4) is 0 Å². The first-order valence-electron chi connectivity index (χ1n) is 4.42. The van der Waals surface area contributed by atoms with Crippen molar-refractivity contribution in [3.8, 4) is 0 Å². The van der Waals surface area contributed by atoms with Crippen molar-refractivity contribution in [3.05, 3.63) is 34.9 Å². The molecule has 0 atom stereocenters. The first-order valence-corrected chi connectivity index (χ1v) is 4.80. The van der Waals surface area contributed by atoms with E-state index in [9.17, 15) is 4.79 Å². The van der Waals surface area contributed by atoms with E-state index in [-0.39, 0.29) is 11.2 Å². The number of carbonyl (C=O) groups excluding carboxylic acids is 1. The Morgan fingerprint density at radius 2 is 1.85 bits per heavy atom. The third-order valence-electron chi connectivity index (χ3n) is 2.65. The lowest BCUT2D eigenvalue weighted by atomic mass is 9.97. The second kappa shape index (κ2) is 2.85. The molecule has 0 unspecified atom stereocenters. The van der Waals surface area contributed by atoms with E-state index < -0.39 is 0 Å². The van der Waals surface area contributed by atoms with E-state index in [2.05, 4.69) is 0 Å². The van der Waals surface area contributed by atoms with Crippen molar-refractivity contribution in [2.75, 3.05) is 0 Å². The van der Waals surface area contributed by atoms with Crippen LogP contribution >= 0.6 is 11.6 Å². The first kappa shape index (κ1) is 8.76. The highest BCUT2D eigenvalue weighted by Gasteiger charge is 2.44. The summed E-state index contributed by atoms with van der Waals surface area (Å²) < 4.78 is 0. The quantitative estimate of drug-likeness (QED) is 0.661. The lowest BCUT2D eigenvalue weighted by Crippen LogP contribution is -2.11. The van der Waals surface area contributed by atoms with Gasteiger partial charge in [-0.15, -0.1) is 0 Å². The third-order valence-corrected chi connectivity index (χ3v) is 2.91. The molecule has 0 aliphatic heterocycles.